The van der Waals surface area contributed by atoms with Gasteiger partial charge in [-0.15, -0.1) is 0 Å². The Bertz CT molecular complexity index is 277. The van der Waals surface area contributed by atoms with Crippen LogP contribution in [0.1, 0.15) is 78.6 Å². The molecule has 0 saturated carbocycles. The van der Waals surface area contributed by atoms with E-state index in [0.29, 0.717) is 13.2 Å². The van der Waals surface area contributed by atoms with Gasteiger partial charge in [0.1, 0.15) is 0 Å². The van der Waals surface area contributed by atoms with E-state index in [0.717, 1.165) is 12.8 Å². The van der Waals surface area contributed by atoms with Gasteiger partial charge in [0.2, 0.25) is 5.91 Å². The molecular formula is C17H33NO3. The first-order valence-electron chi connectivity index (χ1n) is 8.51. The highest BCUT2D eigenvalue weighted by Crippen LogP contribution is 2.08. The maximum Gasteiger partial charge on any atom is 0.307 e. The number of unbranched alkanes of at least 4 members (excludes halogenated alkanes) is 7. The molecule has 0 rings (SSSR count). The van der Waals surface area contributed by atoms with E-state index in [1.54, 1.807) is 0 Å². The molecular weight excluding hydrogens is 266 g/mol. The van der Waals surface area contributed by atoms with Crippen molar-refractivity contribution in [2.45, 2.75) is 78.6 Å². The first-order chi connectivity index (χ1) is 10.1. The molecule has 21 heavy (non-hydrogen) atoms. The second-order valence-electron chi connectivity index (χ2n) is 5.89. The predicted molar refractivity (Wildman–Crippen MR) is 86.0 cm³/mol. The maximum absolute atomic E-state index is 11.4. The zero-order valence-corrected chi connectivity index (χ0v) is 14.1. The Labute approximate surface area is 130 Å². The highest BCUT2D eigenvalue weighted by Gasteiger charge is 2.07. The van der Waals surface area contributed by atoms with Gasteiger partial charge in [-0.1, -0.05) is 65.7 Å². The SMILES string of the molecule is CCCCCCCCCCOC(=O)CCNC(=O)C(C)C. The molecule has 4 nitrogen and oxygen atoms in total. The van der Waals surface area contributed by atoms with E-state index in [9.17, 15) is 9.59 Å². The number of carbonyl (C=O) groups is 2. The van der Waals surface area contributed by atoms with Crippen molar-refractivity contribution in [2.24, 2.45) is 5.92 Å². The molecule has 0 aliphatic heterocycles. The average molecular weight is 299 g/mol. The molecule has 0 atom stereocenters. The molecule has 0 unspecified atom stereocenters. The number of hydrogen-bond acceptors (Lipinski definition) is 3. The van der Waals surface area contributed by atoms with Gasteiger partial charge in [0, 0.05) is 12.5 Å². The summed E-state index contributed by atoms with van der Waals surface area (Å²) in [7, 11) is 0. The first-order valence-corrected chi connectivity index (χ1v) is 8.51. The summed E-state index contributed by atoms with van der Waals surface area (Å²) < 4.78 is 5.14. The highest BCUT2D eigenvalue weighted by atomic mass is 16.5. The summed E-state index contributed by atoms with van der Waals surface area (Å²) in [4.78, 5) is 22.7. The van der Waals surface area contributed by atoms with Crippen LogP contribution in [0.2, 0.25) is 0 Å². The summed E-state index contributed by atoms with van der Waals surface area (Å²) in [5.41, 5.74) is 0. The van der Waals surface area contributed by atoms with Crippen LogP contribution in [-0.4, -0.2) is 25.0 Å². The van der Waals surface area contributed by atoms with Gasteiger partial charge in [0.15, 0.2) is 0 Å². The third-order valence-corrected chi connectivity index (χ3v) is 3.41. The minimum atomic E-state index is -0.220. The highest BCUT2D eigenvalue weighted by molar-refractivity contribution is 5.78. The van der Waals surface area contributed by atoms with Gasteiger partial charge >= 0.3 is 5.97 Å². The lowest BCUT2D eigenvalue weighted by Gasteiger charge is -2.08. The second kappa shape index (κ2) is 13.9. The molecule has 0 spiro atoms. The standard InChI is InChI=1S/C17H33NO3/c1-4-5-6-7-8-9-10-11-14-21-16(19)12-13-18-17(20)15(2)3/h15H,4-14H2,1-3H3,(H,18,20). The van der Waals surface area contributed by atoms with Crippen LogP contribution in [-0.2, 0) is 14.3 Å². The van der Waals surface area contributed by atoms with Crippen LogP contribution in [0.15, 0.2) is 0 Å². The Kier molecular flexibility index (Phi) is 13.2. The van der Waals surface area contributed by atoms with Gasteiger partial charge in [0.25, 0.3) is 0 Å². The van der Waals surface area contributed by atoms with Gasteiger partial charge in [-0.3, -0.25) is 9.59 Å². The number of rotatable bonds is 13. The lowest BCUT2D eigenvalue weighted by atomic mass is 10.1. The van der Waals surface area contributed by atoms with Crippen molar-refractivity contribution in [1.82, 2.24) is 5.32 Å². The van der Waals surface area contributed by atoms with Crippen LogP contribution >= 0.6 is 0 Å². The Hall–Kier alpha value is -1.06. The van der Waals surface area contributed by atoms with Crippen molar-refractivity contribution < 1.29 is 14.3 Å². The van der Waals surface area contributed by atoms with E-state index < -0.39 is 0 Å². The van der Waals surface area contributed by atoms with E-state index in [1.165, 1.54) is 38.5 Å². The van der Waals surface area contributed by atoms with E-state index in [2.05, 4.69) is 12.2 Å². The minimum Gasteiger partial charge on any atom is -0.466 e. The summed E-state index contributed by atoms with van der Waals surface area (Å²) in [6, 6.07) is 0. The average Bonchev–Trinajstić information content (AvgIpc) is 2.45. The quantitative estimate of drug-likeness (QED) is 0.415. The number of nitrogens with one attached hydrogen (secondary N) is 1. The summed E-state index contributed by atoms with van der Waals surface area (Å²) in [5, 5.41) is 2.71. The number of hydrogen-bond donors (Lipinski definition) is 1. The summed E-state index contributed by atoms with van der Waals surface area (Å²) >= 11 is 0. The van der Waals surface area contributed by atoms with Crippen LogP contribution in [0.25, 0.3) is 0 Å². The molecule has 124 valence electrons. The number of amides is 1. The fourth-order valence-electron chi connectivity index (χ4n) is 1.99. The monoisotopic (exact) mass is 299 g/mol. The van der Waals surface area contributed by atoms with Crippen LogP contribution in [0, 0.1) is 5.92 Å². The van der Waals surface area contributed by atoms with Crippen LogP contribution in [0.4, 0.5) is 0 Å². The third kappa shape index (κ3) is 13.7. The number of esters is 1. The maximum atomic E-state index is 11.4. The van der Waals surface area contributed by atoms with Crippen molar-refractivity contribution in [1.29, 1.82) is 0 Å². The fraction of sp³-hybridized carbons (Fsp3) is 0.882. The predicted octanol–water partition coefficient (Wildman–Crippen LogP) is 3.83. The van der Waals surface area contributed by atoms with Crippen LogP contribution in [0.3, 0.4) is 0 Å². The van der Waals surface area contributed by atoms with Crippen molar-refractivity contribution in [3.8, 4) is 0 Å². The Morgan fingerprint density at radius 2 is 1.52 bits per heavy atom. The molecule has 1 N–H and O–H groups in total. The molecule has 4 heteroatoms. The molecule has 0 aliphatic carbocycles. The van der Waals surface area contributed by atoms with Gasteiger partial charge < -0.3 is 10.1 Å². The molecule has 1 amide bonds. The van der Waals surface area contributed by atoms with Crippen molar-refractivity contribution in [2.75, 3.05) is 13.2 Å². The lowest BCUT2D eigenvalue weighted by molar-refractivity contribution is -0.143. The summed E-state index contributed by atoms with van der Waals surface area (Å²) in [6.07, 6.45) is 10.1. The minimum absolute atomic E-state index is 0.0223. The van der Waals surface area contributed by atoms with Crippen LogP contribution < -0.4 is 5.32 Å². The van der Waals surface area contributed by atoms with E-state index >= 15 is 0 Å². The molecule has 0 bridgehead atoms. The molecule has 0 radical (unpaired) electrons. The largest absolute Gasteiger partial charge is 0.466 e. The summed E-state index contributed by atoms with van der Waals surface area (Å²) in [5.74, 6) is -0.286. The molecule has 0 saturated heterocycles. The van der Waals surface area contributed by atoms with Gasteiger partial charge in [-0.2, -0.15) is 0 Å². The Morgan fingerprint density at radius 3 is 2.10 bits per heavy atom. The molecule has 0 aromatic rings. The van der Waals surface area contributed by atoms with E-state index in [1.807, 2.05) is 13.8 Å². The van der Waals surface area contributed by atoms with Crippen molar-refractivity contribution >= 4 is 11.9 Å². The zero-order chi connectivity index (χ0) is 15.9. The topological polar surface area (TPSA) is 55.4 Å². The first kappa shape index (κ1) is 19.9. The van der Waals surface area contributed by atoms with Gasteiger partial charge in [-0.05, 0) is 6.42 Å². The van der Waals surface area contributed by atoms with E-state index in [-0.39, 0.29) is 24.2 Å². The van der Waals surface area contributed by atoms with E-state index in [4.69, 9.17) is 4.74 Å². The molecule has 0 aromatic heterocycles. The summed E-state index contributed by atoms with van der Waals surface area (Å²) in [6.45, 7) is 6.76. The van der Waals surface area contributed by atoms with Crippen molar-refractivity contribution in [3.05, 3.63) is 0 Å². The molecule has 0 aromatic carbocycles. The smallest absolute Gasteiger partial charge is 0.307 e. The van der Waals surface area contributed by atoms with Crippen molar-refractivity contribution in [3.63, 3.8) is 0 Å². The molecule has 0 heterocycles. The number of carbonyl (C=O) groups excluding carboxylic acids is 2. The van der Waals surface area contributed by atoms with Crippen LogP contribution in [0.5, 0.6) is 0 Å². The lowest BCUT2D eigenvalue weighted by Crippen LogP contribution is -2.30. The normalized spacial score (nSPS) is 10.7. The van der Waals surface area contributed by atoms with Gasteiger partial charge in [0.05, 0.1) is 13.0 Å². The zero-order valence-electron chi connectivity index (χ0n) is 14.1. The Balaban J connectivity index is 3.28. The molecule has 0 aliphatic rings. The Morgan fingerprint density at radius 1 is 0.952 bits per heavy atom. The van der Waals surface area contributed by atoms with Gasteiger partial charge in [-0.25, -0.2) is 0 Å². The second-order valence-corrected chi connectivity index (χ2v) is 5.89. The third-order valence-electron chi connectivity index (χ3n) is 3.41. The number of ether oxygens (including phenoxy) is 1. The molecule has 0 fully saturated rings. The fourth-order valence-corrected chi connectivity index (χ4v) is 1.99.